The molecule has 19 heavy (non-hydrogen) atoms. The van der Waals surface area contributed by atoms with Crippen molar-refractivity contribution in [1.29, 1.82) is 0 Å². The van der Waals surface area contributed by atoms with E-state index in [1.807, 2.05) is 6.92 Å². The molecule has 2 N–H and O–H groups in total. The van der Waals surface area contributed by atoms with Gasteiger partial charge in [0.15, 0.2) is 0 Å². The lowest BCUT2D eigenvalue weighted by atomic mass is 10.1. The van der Waals surface area contributed by atoms with Crippen LogP contribution in [0.3, 0.4) is 0 Å². The van der Waals surface area contributed by atoms with Gasteiger partial charge in [-0.15, -0.1) is 0 Å². The minimum absolute atomic E-state index is 0.149. The summed E-state index contributed by atoms with van der Waals surface area (Å²) in [5.74, 6) is -0.388. The summed E-state index contributed by atoms with van der Waals surface area (Å²) in [6.45, 7) is 5.90. The summed E-state index contributed by atoms with van der Waals surface area (Å²) in [6.07, 6.45) is 0.791. The zero-order valence-corrected chi connectivity index (χ0v) is 11.2. The average Bonchev–Trinajstić information content (AvgIpc) is 2.37. The van der Waals surface area contributed by atoms with Crippen molar-refractivity contribution in [2.75, 3.05) is 19.6 Å². The van der Waals surface area contributed by atoms with Crippen LogP contribution in [-0.4, -0.2) is 30.5 Å². The highest BCUT2D eigenvalue weighted by Gasteiger charge is 2.21. The van der Waals surface area contributed by atoms with E-state index < -0.39 is 4.92 Å². The van der Waals surface area contributed by atoms with Gasteiger partial charge in [0.25, 0.3) is 11.6 Å². The molecule has 0 unspecified atom stereocenters. The van der Waals surface area contributed by atoms with Gasteiger partial charge in [-0.1, -0.05) is 19.1 Å². The number of nitro groups is 1. The minimum atomic E-state index is -0.527. The van der Waals surface area contributed by atoms with Crippen molar-refractivity contribution in [3.8, 4) is 0 Å². The number of benzene rings is 1. The molecule has 6 nitrogen and oxygen atoms in total. The molecule has 0 atom stereocenters. The first-order chi connectivity index (χ1) is 9.07. The van der Waals surface area contributed by atoms with E-state index in [1.165, 1.54) is 6.07 Å². The van der Waals surface area contributed by atoms with Crippen LogP contribution in [0.4, 0.5) is 5.69 Å². The van der Waals surface area contributed by atoms with Crippen molar-refractivity contribution in [3.63, 3.8) is 0 Å². The molecule has 1 amide bonds. The Balaban J connectivity index is 2.68. The average molecular weight is 265 g/mol. The number of hydrogen-bond acceptors (Lipinski definition) is 4. The molecule has 0 fully saturated rings. The number of aryl methyl sites for hydroxylation is 1. The first-order valence-electron chi connectivity index (χ1n) is 6.30. The molecule has 1 rings (SSSR count). The second-order valence-corrected chi connectivity index (χ2v) is 4.19. The molecule has 0 saturated heterocycles. The van der Waals surface area contributed by atoms with Crippen molar-refractivity contribution >= 4 is 11.6 Å². The first-order valence-corrected chi connectivity index (χ1v) is 6.30. The monoisotopic (exact) mass is 265 g/mol. The van der Waals surface area contributed by atoms with Crippen molar-refractivity contribution in [2.24, 2.45) is 0 Å². The summed E-state index contributed by atoms with van der Waals surface area (Å²) in [4.78, 5) is 22.4. The first kappa shape index (κ1) is 15.1. The topological polar surface area (TPSA) is 84.3 Å². The van der Waals surface area contributed by atoms with Gasteiger partial charge in [-0.2, -0.15) is 0 Å². The molecule has 0 aliphatic carbocycles. The fourth-order valence-corrected chi connectivity index (χ4v) is 1.78. The van der Waals surface area contributed by atoms with Crippen LogP contribution in [0.5, 0.6) is 0 Å². The Bertz CT molecular complexity index is 460. The lowest BCUT2D eigenvalue weighted by Crippen LogP contribution is -2.28. The van der Waals surface area contributed by atoms with Crippen LogP contribution in [0.25, 0.3) is 0 Å². The molecular formula is C13H19N3O3. The van der Waals surface area contributed by atoms with Gasteiger partial charge in [0.05, 0.1) is 4.92 Å². The Hall–Kier alpha value is -1.95. The zero-order valence-electron chi connectivity index (χ0n) is 11.2. The number of hydrogen-bond donors (Lipinski definition) is 2. The number of nitrogens with one attached hydrogen (secondary N) is 2. The van der Waals surface area contributed by atoms with Gasteiger partial charge < -0.3 is 10.6 Å². The Morgan fingerprint density at radius 1 is 1.37 bits per heavy atom. The molecule has 0 aromatic heterocycles. The summed E-state index contributed by atoms with van der Waals surface area (Å²) < 4.78 is 0. The zero-order chi connectivity index (χ0) is 14.3. The molecule has 1 aromatic carbocycles. The van der Waals surface area contributed by atoms with Crippen LogP contribution in [0, 0.1) is 17.0 Å². The molecule has 0 aliphatic heterocycles. The molecule has 0 heterocycles. The number of carbonyl (C=O) groups is 1. The highest BCUT2D eigenvalue weighted by atomic mass is 16.6. The Morgan fingerprint density at radius 2 is 2.11 bits per heavy atom. The molecule has 1 aromatic rings. The van der Waals surface area contributed by atoms with E-state index in [-0.39, 0.29) is 17.2 Å². The third kappa shape index (κ3) is 4.33. The van der Waals surface area contributed by atoms with E-state index in [0.29, 0.717) is 12.1 Å². The number of amides is 1. The Morgan fingerprint density at radius 3 is 2.74 bits per heavy atom. The van der Waals surface area contributed by atoms with Gasteiger partial charge in [-0.25, -0.2) is 0 Å². The number of nitrogens with zero attached hydrogens (tertiary/aromatic N) is 1. The molecular weight excluding hydrogens is 246 g/mol. The summed E-state index contributed by atoms with van der Waals surface area (Å²) in [6, 6.07) is 4.62. The maximum absolute atomic E-state index is 12.0. The molecule has 6 heteroatoms. The second-order valence-electron chi connectivity index (χ2n) is 4.19. The van der Waals surface area contributed by atoms with E-state index in [1.54, 1.807) is 19.1 Å². The van der Waals surface area contributed by atoms with Crippen molar-refractivity contribution < 1.29 is 9.72 Å². The normalized spacial score (nSPS) is 10.2. The van der Waals surface area contributed by atoms with Crippen molar-refractivity contribution in [1.82, 2.24) is 10.6 Å². The van der Waals surface area contributed by atoms with E-state index in [4.69, 9.17) is 0 Å². The van der Waals surface area contributed by atoms with E-state index in [0.717, 1.165) is 19.5 Å². The second kappa shape index (κ2) is 7.48. The van der Waals surface area contributed by atoms with Gasteiger partial charge in [0, 0.05) is 12.6 Å². The number of carbonyl (C=O) groups excluding carboxylic acids is 1. The molecule has 0 spiro atoms. The van der Waals surface area contributed by atoms with Crippen LogP contribution >= 0.6 is 0 Å². The third-order valence-corrected chi connectivity index (χ3v) is 2.74. The Kier molecular flexibility index (Phi) is 5.95. The molecule has 0 bridgehead atoms. The van der Waals surface area contributed by atoms with Gasteiger partial charge in [-0.3, -0.25) is 14.9 Å². The number of nitro benzene ring substituents is 1. The van der Waals surface area contributed by atoms with Gasteiger partial charge in [0.1, 0.15) is 5.56 Å². The summed E-state index contributed by atoms with van der Waals surface area (Å²) >= 11 is 0. The summed E-state index contributed by atoms with van der Waals surface area (Å²) in [5.41, 5.74) is 0.610. The van der Waals surface area contributed by atoms with Crippen LogP contribution in [0.15, 0.2) is 18.2 Å². The summed E-state index contributed by atoms with van der Waals surface area (Å²) in [5, 5.41) is 16.8. The van der Waals surface area contributed by atoms with Crippen molar-refractivity contribution in [3.05, 3.63) is 39.4 Å². The van der Waals surface area contributed by atoms with Gasteiger partial charge >= 0.3 is 0 Å². The van der Waals surface area contributed by atoms with Crippen LogP contribution in [-0.2, 0) is 0 Å². The lowest BCUT2D eigenvalue weighted by Gasteiger charge is -2.08. The largest absolute Gasteiger partial charge is 0.352 e. The van der Waals surface area contributed by atoms with Crippen LogP contribution in [0.1, 0.15) is 29.3 Å². The lowest BCUT2D eigenvalue weighted by molar-refractivity contribution is -0.385. The van der Waals surface area contributed by atoms with E-state index >= 15 is 0 Å². The predicted molar refractivity (Wildman–Crippen MR) is 73.3 cm³/mol. The predicted octanol–water partition coefficient (Wildman–Crippen LogP) is 1.63. The van der Waals surface area contributed by atoms with E-state index in [9.17, 15) is 14.9 Å². The van der Waals surface area contributed by atoms with Crippen molar-refractivity contribution in [2.45, 2.75) is 20.3 Å². The third-order valence-electron chi connectivity index (χ3n) is 2.74. The van der Waals surface area contributed by atoms with Gasteiger partial charge in [-0.05, 0) is 32.0 Å². The molecule has 0 saturated carbocycles. The smallest absolute Gasteiger partial charge is 0.282 e. The standard InChI is InChI=1S/C13H19N3O3/c1-3-14-8-5-9-15-13(17)12-10(2)6-4-7-11(12)16(18)19/h4,6-7,14H,3,5,8-9H2,1-2H3,(H,15,17). The van der Waals surface area contributed by atoms with Crippen LogP contribution < -0.4 is 10.6 Å². The van der Waals surface area contributed by atoms with E-state index in [2.05, 4.69) is 10.6 Å². The summed E-state index contributed by atoms with van der Waals surface area (Å²) in [7, 11) is 0. The minimum Gasteiger partial charge on any atom is -0.352 e. The SMILES string of the molecule is CCNCCCNC(=O)c1c(C)cccc1[N+](=O)[O-]. The van der Waals surface area contributed by atoms with Gasteiger partial charge in [0.2, 0.25) is 0 Å². The molecule has 104 valence electrons. The highest BCUT2D eigenvalue weighted by molar-refractivity contribution is 5.99. The molecule has 0 aliphatic rings. The fraction of sp³-hybridized carbons (Fsp3) is 0.462. The quantitative estimate of drug-likeness (QED) is 0.446. The fourth-order valence-electron chi connectivity index (χ4n) is 1.78. The molecule has 0 radical (unpaired) electrons. The number of rotatable bonds is 7. The maximum atomic E-state index is 12.0. The highest BCUT2D eigenvalue weighted by Crippen LogP contribution is 2.21. The maximum Gasteiger partial charge on any atom is 0.282 e. The van der Waals surface area contributed by atoms with Crippen LogP contribution in [0.2, 0.25) is 0 Å². The Labute approximate surface area is 112 Å².